The topological polar surface area (TPSA) is 59.0 Å². The average Bonchev–Trinajstić information content (AvgIpc) is 4.21. The van der Waals surface area contributed by atoms with Gasteiger partial charge in [0.05, 0.1) is 34.1 Å². The third-order valence-electron chi connectivity index (χ3n) is 15.9. The zero-order valence-electron chi connectivity index (χ0n) is 41.0. The maximum absolute atomic E-state index is 6.98. The number of anilines is 6. The molecule has 350 valence electrons. The minimum Gasteiger partial charge on any atom is -0.454 e. The van der Waals surface area contributed by atoms with Gasteiger partial charge in [-0.3, -0.25) is 0 Å². The number of benzene rings is 12. The number of fused-ring (bicyclic) bond motifs is 12. The molecule has 0 atom stereocenters. The van der Waals surface area contributed by atoms with E-state index in [4.69, 9.17) is 17.7 Å². The van der Waals surface area contributed by atoms with E-state index in [9.17, 15) is 0 Å². The van der Waals surface area contributed by atoms with Gasteiger partial charge in [-0.2, -0.15) is 0 Å². The first kappa shape index (κ1) is 41.1. The Balaban J connectivity index is 1.03. The number of rotatable bonds is 6. The molecule has 0 spiro atoms. The third-order valence-corrected chi connectivity index (χ3v) is 15.9. The predicted octanol–water partition coefficient (Wildman–Crippen LogP) is 20.4. The van der Waals surface area contributed by atoms with E-state index in [1.54, 1.807) is 0 Å². The molecule has 4 aromatic heterocycles. The second-order valence-electron chi connectivity index (χ2n) is 20.1. The molecule has 0 saturated heterocycles. The molecule has 6 nitrogen and oxygen atoms in total. The van der Waals surface area contributed by atoms with Crippen LogP contribution in [0.1, 0.15) is 22.3 Å². The number of hydrogen-bond donors (Lipinski definition) is 0. The van der Waals surface area contributed by atoms with Gasteiger partial charge >= 0.3 is 0 Å². The summed E-state index contributed by atoms with van der Waals surface area (Å²) in [5.74, 6) is 0. The van der Waals surface area contributed by atoms with Crippen molar-refractivity contribution in [3.63, 3.8) is 0 Å². The van der Waals surface area contributed by atoms with Crippen molar-refractivity contribution in [2.24, 2.45) is 0 Å². The van der Waals surface area contributed by atoms with Gasteiger partial charge in [0.1, 0.15) is 22.3 Å². The molecule has 0 aliphatic rings. The molecule has 0 aliphatic heterocycles. The Morgan fingerprint density at radius 1 is 0.243 bits per heavy atom. The van der Waals surface area contributed by atoms with Gasteiger partial charge < -0.3 is 27.5 Å². The SMILES string of the molecule is Cc1ccc2c(oc3ccccc32)c1N(c1ccc2ccc3c(N(c4c(C)ccc5c4oc4ccccc45)c4c(C)ccc5c4oc4ccccc45)ccc4ccc1c2c43)c1c(C)ccc2c1oc1ccccc12. The minimum atomic E-state index is 0.826. The van der Waals surface area contributed by atoms with Crippen LogP contribution in [0.3, 0.4) is 0 Å². The molecular formula is C68H44N2O4. The average molecular weight is 953 g/mol. The molecule has 74 heavy (non-hydrogen) atoms. The number of hydrogen-bond acceptors (Lipinski definition) is 6. The van der Waals surface area contributed by atoms with Crippen LogP contribution >= 0.6 is 0 Å². The summed E-state index contributed by atoms with van der Waals surface area (Å²) in [4.78, 5) is 4.85. The first-order chi connectivity index (χ1) is 36.4. The first-order valence-corrected chi connectivity index (χ1v) is 25.3. The molecule has 16 rings (SSSR count). The van der Waals surface area contributed by atoms with Crippen molar-refractivity contribution >= 4 is 154 Å². The van der Waals surface area contributed by atoms with E-state index in [2.05, 4.69) is 207 Å². The summed E-state index contributed by atoms with van der Waals surface area (Å²) in [7, 11) is 0. The third kappa shape index (κ3) is 5.54. The van der Waals surface area contributed by atoms with E-state index in [1.165, 1.54) is 10.8 Å². The molecule has 0 fully saturated rings. The zero-order chi connectivity index (χ0) is 49.1. The van der Waals surface area contributed by atoms with Crippen molar-refractivity contribution in [2.45, 2.75) is 27.7 Å². The standard InChI is InChI=1S/C68H44N2O4/c1-37-21-29-47-43-13-5-9-17-55(43)71-65(47)61(37)69(62-38(2)22-30-48-44-14-6-10-18-56(44)72-66(48)62)53-35-27-41-26-34-52-54(36-28-42-25-33-51(53)59(41)60(42)52)70(63-39(3)23-31-49-45-15-7-11-19-57(45)73-67(49)63)64-40(4)24-32-50-46-16-8-12-20-58(46)74-68(50)64/h5-36H,1-4H3. The molecule has 16 aromatic rings. The number of nitrogens with zero attached hydrogens (tertiary/aromatic N) is 2. The van der Waals surface area contributed by atoms with Crippen LogP contribution < -0.4 is 9.80 Å². The van der Waals surface area contributed by atoms with Crippen LogP contribution in [0.25, 0.3) is 120 Å². The molecule has 4 heterocycles. The zero-order valence-corrected chi connectivity index (χ0v) is 41.0. The number of aryl methyl sites for hydroxylation is 4. The molecule has 0 saturated carbocycles. The van der Waals surface area contributed by atoms with Crippen molar-refractivity contribution in [3.05, 3.63) is 216 Å². The molecule has 0 unspecified atom stereocenters. The fourth-order valence-corrected chi connectivity index (χ4v) is 12.5. The van der Waals surface area contributed by atoms with Gasteiger partial charge in [-0.1, -0.05) is 158 Å². The lowest BCUT2D eigenvalue weighted by Gasteiger charge is -2.31. The Bertz CT molecular complexity index is 4490. The van der Waals surface area contributed by atoms with E-state index >= 15 is 0 Å². The summed E-state index contributed by atoms with van der Waals surface area (Å²) >= 11 is 0. The maximum Gasteiger partial charge on any atom is 0.159 e. The molecule has 0 N–H and O–H groups in total. The summed E-state index contributed by atoms with van der Waals surface area (Å²) in [5, 5.41) is 15.4. The van der Waals surface area contributed by atoms with Gasteiger partial charge in [0, 0.05) is 53.9 Å². The van der Waals surface area contributed by atoms with Gasteiger partial charge in [0.2, 0.25) is 0 Å². The van der Waals surface area contributed by atoms with Crippen molar-refractivity contribution in [1.82, 2.24) is 0 Å². The summed E-state index contributed by atoms with van der Waals surface area (Å²) in [6.07, 6.45) is 0. The van der Waals surface area contributed by atoms with Crippen LogP contribution in [0.15, 0.2) is 212 Å². The predicted molar refractivity (Wildman–Crippen MR) is 308 cm³/mol. The Kier molecular flexibility index (Phi) is 8.34. The molecule has 0 bridgehead atoms. The van der Waals surface area contributed by atoms with Gasteiger partial charge in [-0.05, 0) is 108 Å². The lowest BCUT2D eigenvalue weighted by molar-refractivity contribution is 0.665. The van der Waals surface area contributed by atoms with Crippen molar-refractivity contribution in [3.8, 4) is 0 Å². The molecule has 0 aliphatic carbocycles. The van der Waals surface area contributed by atoms with Crippen LogP contribution in [-0.4, -0.2) is 0 Å². The maximum atomic E-state index is 6.98. The smallest absolute Gasteiger partial charge is 0.159 e. The lowest BCUT2D eigenvalue weighted by atomic mass is 9.91. The molecule has 6 heteroatoms. The monoisotopic (exact) mass is 952 g/mol. The summed E-state index contributed by atoms with van der Waals surface area (Å²) < 4.78 is 27.9. The highest BCUT2D eigenvalue weighted by molar-refractivity contribution is 6.30. The second-order valence-corrected chi connectivity index (χ2v) is 20.1. The fourth-order valence-electron chi connectivity index (χ4n) is 12.5. The number of para-hydroxylation sites is 4. The fraction of sp³-hybridized carbons (Fsp3) is 0.0588. The summed E-state index contributed by atoms with van der Waals surface area (Å²) in [6, 6.07) is 69.4. The second kappa shape index (κ2) is 15.0. The van der Waals surface area contributed by atoms with E-state index in [-0.39, 0.29) is 0 Å². The van der Waals surface area contributed by atoms with Gasteiger partial charge in [-0.15, -0.1) is 0 Å². The van der Waals surface area contributed by atoms with E-state index in [1.807, 2.05) is 24.3 Å². The van der Waals surface area contributed by atoms with Crippen LogP contribution in [-0.2, 0) is 0 Å². The largest absolute Gasteiger partial charge is 0.454 e. The van der Waals surface area contributed by atoms with Crippen LogP contribution in [0.5, 0.6) is 0 Å². The molecule has 12 aromatic carbocycles. The van der Waals surface area contributed by atoms with Crippen LogP contribution in [0, 0.1) is 27.7 Å². The summed E-state index contributed by atoms with van der Waals surface area (Å²) in [6.45, 7) is 8.76. The van der Waals surface area contributed by atoms with Gasteiger partial charge in [-0.25, -0.2) is 0 Å². The normalized spacial score (nSPS) is 12.3. The van der Waals surface area contributed by atoms with Gasteiger partial charge in [0.25, 0.3) is 0 Å². The Morgan fingerprint density at radius 3 is 0.797 bits per heavy atom. The minimum absolute atomic E-state index is 0.826. The van der Waals surface area contributed by atoms with E-state index < -0.39 is 0 Å². The summed E-state index contributed by atoms with van der Waals surface area (Å²) in [5.41, 5.74) is 17.0. The highest BCUT2D eigenvalue weighted by atomic mass is 16.3. The van der Waals surface area contributed by atoms with Crippen molar-refractivity contribution in [2.75, 3.05) is 9.80 Å². The van der Waals surface area contributed by atoms with Crippen LogP contribution in [0.2, 0.25) is 0 Å². The highest BCUT2D eigenvalue weighted by Crippen LogP contribution is 2.55. The molecule has 0 amide bonds. The lowest BCUT2D eigenvalue weighted by Crippen LogP contribution is -2.15. The van der Waals surface area contributed by atoms with Crippen molar-refractivity contribution in [1.29, 1.82) is 0 Å². The molecule has 0 radical (unpaired) electrons. The quantitative estimate of drug-likeness (QED) is 0.155. The Labute approximate surface area is 423 Å². The molecular weight excluding hydrogens is 909 g/mol. The number of furan rings is 4. The van der Waals surface area contributed by atoms with Crippen molar-refractivity contribution < 1.29 is 17.7 Å². The Morgan fingerprint density at radius 2 is 0.500 bits per heavy atom. The van der Waals surface area contributed by atoms with E-state index in [0.29, 0.717) is 0 Å². The Hall–Kier alpha value is -9.52. The van der Waals surface area contributed by atoms with Crippen LogP contribution in [0.4, 0.5) is 34.1 Å². The van der Waals surface area contributed by atoms with Gasteiger partial charge in [0.15, 0.2) is 22.3 Å². The highest BCUT2D eigenvalue weighted by Gasteiger charge is 2.31. The first-order valence-electron chi connectivity index (χ1n) is 25.3. The van der Waals surface area contributed by atoms with E-state index in [0.717, 1.165) is 166 Å².